The molecule has 3 aromatic rings. The second-order valence-corrected chi connectivity index (χ2v) is 7.14. The third kappa shape index (κ3) is 5.67. The van der Waals surface area contributed by atoms with Crippen LogP contribution < -0.4 is 14.9 Å². The number of non-ortho nitro benzene ring substituents is 1. The first kappa shape index (κ1) is 20.6. The lowest BCUT2D eigenvalue weighted by atomic mass is 10.2. The number of ether oxygens (including phenoxy) is 2. The number of anilines is 1. The Kier molecular flexibility index (Phi) is 7.01. The molecule has 0 saturated heterocycles. The number of hydrazone groups is 1. The number of rotatable bonds is 8. The van der Waals surface area contributed by atoms with E-state index in [0.717, 1.165) is 20.4 Å². The van der Waals surface area contributed by atoms with E-state index in [1.807, 2.05) is 42.5 Å². The minimum Gasteiger partial charge on any atom is -0.493 e. The van der Waals surface area contributed by atoms with Gasteiger partial charge in [-0.2, -0.15) is 5.10 Å². The maximum absolute atomic E-state index is 10.7. The van der Waals surface area contributed by atoms with Gasteiger partial charge in [-0.1, -0.05) is 18.2 Å². The minimum absolute atomic E-state index is 0.0497. The van der Waals surface area contributed by atoms with E-state index >= 15 is 0 Å². The van der Waals surface area contributed by atoms with E-state index < -0.39 is 4.92 Å². The van der Waals surface area contributed by atoms with E-state index in [2.05, 4.69) is 33.1 Å². The van der Waals surface area contributed by atoms with Gasteiger partial charge in [-0.05, 0) is 70.1 Å². The molecule has 0 saturated carbocycles. The van der Waals surface area contributed by atoms with E-state index in [-0.39, 0.29) is 12.3 Å². The van der Waals surface area contributed by atoms with Crippen LogP contribution in [0.25, 0.3) is 0 Å². The number of methoxy groups -OCH3 is 1. The van der Waals surface area contributed by atoms with Gasteiger partial charge in [0, 0.05) is 12.1 Å². The Morgan fingerprint density at radius 1 is 1.14 bits per heavy atom. The molecule has 148 valence electrons. The predicted octanol–water partition coefficient (Wildman–Crippen LogP) is 5.23. The van der Waals surface area contributed by atoms with Gasteiger partial charge >= 0.3 is 0 Å². The largest absolute Gasteiger partial charge is 0.493 e. The van der Waals surface area contributed by atoms with E-state index in [0.29, 0.717) is 11.5 Å². The van der Waals surface area contributed by atoms with Crippen molar-refractivity contribution in [3.8, 4) is 11.5 Å². The molecule has 8 heteroatoms. The van der Waals surface area contributed by atoms with Crippen LogP contribution in [0, 0.1) is 13.7 Å². The molecule has 0 fully saturated rings. The molecule has 0 aliphatic rings. The molecule has 0 heterocycles. The van der Waals surface area contributed by atoms with Crippen molar-refractivity contribution in [1.29, 1.82) is 0 Å². The van der Waals surface area contributed by atoms with E-state index in [4.69, 9.17) is 9.47 Å². The summed E-state index contributed by atoms with van der Waals surface area (Å²) >= 11 is 2.18. The Hall–Kier alpha value is -3.14. The van der Waals surface area contributed by atoms with E-state index in [1.54, 1.807) is 25.5 Å². The zero-order valence-electron chi connectivity index (χ0n) is 15.5. The molecule has 3 aromatic carbocycles. The topological polar surface area (TPSA) is 86.0 Å². The molecular weight excluding hydrogens is 485 g/mol. The Labute approximate surface area is 181 Å². The van der Waals surface area contributed by atoms with Gasteiger partial charge in [-0.15, -0.1) is 0 Å². The summed E-state index contributed by atoms with van der Waals surface area (Å²) in [5.74, 6) is 1.19. The number of benzene rings is 3. The van der Waals surface area contributed by atoms with Crippen LogP contribution in [0.1, 0.15) is 11.1 Å². The van der Waals surface area contributed by atoms with Gasteiger partial charge in [0.05, 0.1) is 27.5 Å². The zero-order valence-corrected chi connectivity index (χ0v) is 17.7. The van der Waals surface area contributed by atoms with Gasteiger partial charge in [0.25, 0.3) is 5.69 Å². The first-order valence-corrected chi connectivity index (χ1v) is 9.72. The highest BCUT2D eigenvalue weighted by Gasteiger charge is 2.12. The summed E-state index contributed by atoms with van der Waals surface area (Å²) in [5, 5.41) is 15.0. The molecule has 1 N–H and O–H groups in total. The first-order chi connectivity index (χ1) is 14.1. The number of halogens is 1. The molecule has 7 nitrogen and oxygen atoms in total. The van der Waals surface area contributed by atoms with Crippen molar-refractivity contribution in [2.24, 2.45) is 5.10 Å². The van der Waals surface area contributed by atoms with Crippen molar-refractivity contribution in [3.63, 3.8) is 0 Å². The molecule has 3 rings (SSSR count). The van der Waals surface area contributed by atoms with Crippen molar-refractivity contribution >= 4 is 40.2 Å². The summed E-state index contributed by atoms with van der Waals surface area (Å²) in [6.07, 6.45) is 1.71. The average molecular weight is 503 g/mol. The first-order valence-electron chi connectivity index (χ1n) is 8.64. The highest BCUT2D eigenvalue weighted by molar-refractivity contribution is 14.1. The molecule has 0 aliphatic heterocycles. The number of nitro groups is 1. The molecule has 0 spiro atoms. The van der Waals surface area contributed by atoms with Gasteiger partial charge < -0.3 is 9.47 Å². The number of para-hydroxylation sites is 1. The molecule has 0 bridgehead atoms. The summed E-state index contributed by atoms with van der Waals surface area (Å²) in [6, 6.07) is 19.7. The standard InChI is InChI=1S/C21H18IN3O4/c1-28-20-12-16(13-23-24-17-5-3-2-4-6-17)11-19(22)21(20)29-14-15-7-9-18(10-8-15)25(26)27/h2-13,24H,14H2,1H3/b23-13-. The SMILES string of the molecule is COc1cc(/C=N\Nc2ccccc2)cc(I)c1OCc1ccc([N+](=O)[O-])cc1. The fourth-order valence-electron chi connectivity index (χ4n) is 2.52. The third-order valence-corrected chi connectivity index (χ3v) is 4.76. The molecule has 0 aromatic heterocycles. The summed E-state index contributed by atoms with van der Waals surface area (Å²) < 4.78 is 12.2. The quantitative estimate of drug-likeness (QED) is 0.197. The second kappa shape index (κ2) is 9.87. The molecule has 0 atom stereocenters. The molecular formula is C21H18IN3O4. The number of hydrogen-bond acceptors (Lipinski definition) is 6. The summed E-state index contributed by atoms with van der Waals surface area (Å²) in [7, 11) is 1.58. The van der Waals surface area contributed by atoms with Crippen molar-refractivity contribution in [2.75, 3.05) is 12.5 Å². The lowest BCUT2D eigenvalue weighted by Gasteiger charge is -2.13. The van der Waals surface area contributed by atoms with Crippen molar-refractivity contribution < 1.29 is 14.4 Å². The fourth-order valence-corrected chi connectivity index (χ4v) is 3.30. The zero-order chi connectivity index (χ0) is 20.6. The van der Waals surface area contributed by atoms with Crippen LogP contribution in [-0.4, -0.2) is 18.2 Å². The fraction of sp³-hybridized carbons (Fsp3) is 0.0952. The predicted molar refractivity (Wildman–Crippen MR) is 121 cm³/mol. The van der Waals surface area contributed by atoms with Crippen LogP contribution in [0.2, 0.25) is 0 Å². The molecule has 29 heavy (non-hydrogen) atoms. The second-order valence-electron chi connectivity index (χ2n) is 5.98. The van der Waals surface area contributed by atoms with Gasteiger partial charge in [0.2, 0.25) is 0 Å². The molecule has 0 radical (unpaired) electrons. The van der Waals surface area contributed by atoms with Crippen molar-refractivity contribution in [2.45, 2.75) is 6.61 Å². The van der Waals surface area contributed by atoms with E-state index in [1.165, 1.54) is 12.1 Å². The normalized spacial score (nSPS) is 10.7. The van der Waals surface area contributed by atoms with Crippen LogP contribution in [0.5, 0.6) is 11.5 Å². The molecule has 0 unspecified atom stereocenters. The Morgan fingerprint density at radius 2 is 1.86 bits per heavy atom. The summed E-state index contributed by atoms with van der Waals surface area (Å²) in [5.41, 5.74) is 5.60. The Morgan fingerprint density at radius 3 is 2.52 bits per heavy atom. The van der Waals surface area contributed by atoms with Crippen molar-refractivity contribution in [1.82, 2.24) is 0 Å². The van der Waals surface area contributed by atoms with Crippen LogP contribution in [0.15, 0.2) is 71.8 Å². The lowest BCUT2D eigenvalue weighted by Crippen LogP contribution is -2.01. The smallest absolute Gasteiger partial charge is 0.269 e. The van der Waals surface area contributed by atoms with Crippen LogP contribution in [0.3, 0.4) is 0 Å². The average Bonchev–Trinajstić information content (AvgIpc) is 2.73. The number of nitro benzene ring substituents is 1. The number of hydrogen-bond donors (Lipinski definition) is 1. The maximum Gasteiger partial charge on any atom is 0.269 e. The van der Waals surface area contributed by atoms with Gasteiger partial charge in [0.15, 0.2) is 11.5 Å². The summed E-state index contributed by atoms with van der Waals surface area (Å²) in [6.45, 7) is 0.271. The van der Waals surface area contributed by atoms with E-state index in [9.17, 15) is 10.1 Å². The van der Waals surface area contributed by atoms with Crippen LogP contribution in [-0.2, 0) is 6.61 Å². The number of nitrogens with one attached hydrogen (secondary N) is 1. The third-order valence-electron chi connectivity index (χ3n) is 3.96. The van der Waals surface area contributed by atoms with Crippen LogP contribution in [0.4, 0.5) is 11.4 Å². The molecule has 0 amide bonds. The van der Waals surface area contributed by atoms with Crippen LogP contribution >= 0.6 is 22.6 Å². The summed E-state index contributed by atoms with van der Waals surface area (Å²) in [4.78, 5) is 10.3. The lowest BCUT2D eigenvalue weighted by molar-refractivity contribution is -0.384. The highest BCUT2D eigenvalue weighted by Crippen LogP contribution is 2.34. The van der Waals surface area contributed by atoms with Gasteiger partial charge in [0.1, 0.15) is 6.61 Å². The maximum atomic E-state index is 10.7. The monoisotopic (exact) mass is 503 g/mol. The Bertz CT molecular complexity index is 1010. The number of nitrogens with zero attached hydrogens (tertiary/aromatic N) is 2. The van der Waals surface area contributed by atoms with Crippen molar-refractivity contribution in [3.05, 3.63) is 91.5 Å². The minimum atomic E-state index is -0.427. The highest BCUT2D eigenvalue weighted by atomic mass is 127. The van der Waals surface area contributed by atoms with Gasteiger partial charge in [-0.3, -0.25) is 15.5 Å². The van der Waals surface area contributed by atoms with Gasteiger partial charge in [-0.25, -0.2) is 0 Å². The Balaban J connectivity index is 1.70. The molecule has 0 aliphatic carbocycles.